The summed E-state index contributed by atoms with van der Waals surface area (Å²) in [6, 6.07) is 3.00. The van der Waals surface area contributed by atoms with Crippen LogP contribution in [0.15, 0.2) is 28.0 Å². The number of hydrogen-bond donors (Lipinski definition) is 6. The molecule has 0 spiro atoms. The summed E-state index contributed by atoms with van der Waals surface area (Å²) in [6.07, 6.45) is -5.95. The third-order valence-corrected chi connectivity index (χ3v) is 18.2. The van der Waals surface area contributed by atoms with Crippen LogP contribution in [0.3, 0.4) is 0 Å². The van der Waals surface area contributed by atoms with Crippen LogP contribution >= 0.6 is 11.8 Å². The average Bonchev–Trinajstić information content (AvgIpc) is 3.52. The highest BCUT2D eigenvalue weighted by Gasteiger charge is 2.54. The number of pyridine rings is 1. The molecule has 442 valence electrons. The molecule has 0 bridgehead atoms. The molecule has 1 aromatic heterocycles. The molecule has 1 unspecified atom stereocenters. The number of carbonyl (C=O) groups is 3. The quantitative estimate of drug-likeness (QED) is 0.0754. The van der Waals surface area contributed by atoms with Crippen LogP contribution < -0.4 is 10.7 Å². The van der Waals surface area contributed by atoms with E-state index >= 15 is 0 Å². The number of nitrogens with one attached hydrogen (secondary N) is 1. The van der Waals surface area contributed by atoms with E-state index in [4.69, 9.17) is 33.2 Å². The van der Waals surface area contributed by atoms with Gasteiger partial charge in [-0.05, 0) is 132 Å². The first-order chi connectivity index (χ1) is 36.5. The number of carboxylic acid groups (broad SMARTS) is 1. The normalized spacial score (nSPS) is 38.6. The Kier molecular flexibility index (Phi) is 21.5. The summed E-state index contributed by atoms with van der Waals surface area (Å²) in [5.41, 5.74) is -3.58. The maximum atomic E-state index is 14.6. The number of aromatic carboxylic acids is 1. The number of cyclic esters (lactones) is 1. The van der Waals surface area contributed by atoms with E-state index in [1.165, 1.54) is 32.0 Å². The lowest BCUT2D eigenvalue weighted by atomic mass is 9.77. The highest BCUT2D eigenvalue weighted by Crippen LogP contribution is 2.41. The molecule has 3 saturated heterocycles. The average molecular weight is 1120 g/mol. The molecule has 1 aromatic carbocycles. The second-order valence-corrected chi connectivity index (χ2v) is 25.1. The number of nitrogens with zero attached hydrogens (tertiary/aromatic N) is 3. The number of esters is 2. The van der Waals surface area contributed by atoms with Gasteiger partial charge in [-0.1, -0.05) is 20.8 Å². The maximum absolute atomic E-state index is 14.6. The number of thioether (sulfide) groups is 1. The largest absolute Gasteiger partial charge is 0.477 e. The number of aryl methyl sites for hydroxylation is 1. The smallest absolute Gasteiger partial charge is 0.341 e. The SMILES string of the molecule is CC[C@H]1OC(=O)[C@H](C)[C@@H](O[C@H]2C[C@@](C)(OC)[C@@H](OC(=O)CCNCCSc3cc4c5c(c3)c(=O)c(C(=O)O)cn5C(C)CC4)[C@H](C)O2)[C@H](C)[C@@H](O[C@@H]2O[C@H](C)C[C@H](N(C)C)[C@H]2O)[C@](C)(O)C[C@@H](C)CN(C)[C@H](C)[C@@H](O)[C@]1(C)O. The molecule has 0 aliphatic carbocycles. The van der Waals surface area contributed by atoms with Crippen LogP contribution in [0, 0.1) is 17.8 Å². The first-order valence-electron chi connectivity index (χ1n) is 28.0. The van der Waals surface area contributed by atoms with E-state index < -0.39 is 113 Å². The first-order valence-corrected chi connectivity index (χ1v) is 29.0. The van der Waals surface area contributed by atoms with Crippen molar-refractivity contribution >= 4 is 40.6 Å². The second kappa shape index (κ2) is 26.3. The fourth-order valence-corrected chi connectivity index (χ4v) is 13.4. The molecular formula is C57H92N4O16S. The van der Waals surface area contributed by atoms with Gasteiger partial charge in [-0.3, -0.25) is 14.4 Å². The molecule has 3 fully saturated rings. The fraction of sp³-hybridized carbons (Fsp3) is 0.789. The molecular weight excluding hydrogens is 1030 g/mol. The zero-order valence-electron chi connectivity index (χ0n) is 48.7. The summed E-state index contributed by atoms with van der Waals surface area (Å²) in [6.45, 7) is 20.8. The van der Waals surface area contributed by atoms with Gasteiger partial charge in [-0.15, -0.1) is 11.8 Å². The predicted molar refractivity (Wildman–Crippen MR) is 294 cm³/mol. The number of aliphatic hydroxyl groups is 4. The number of methoxy groups -OCH3 is 1. The van der Waals surface area contributed by atoms with Gasteiger partial charge in [0.25, 0.3) is 0 Å². The zero-order chi connectivity index (χ0) is 57.9. The Balaban J connectivity index is 1.18. The molecule has 20 nitrogen and oxygen atoms in total. The Morgan fingerprint density at radius 3 is 2.29 bits per heavy atom. The van der Waals surface area contributed by atoms with Crippen molar-refractivity contribution in [1.82, 2.24) is 19.7 Å². The van der Waals surface area contributed by atoms with Crippen LogP contribution in [0.2, 0.25) is 0 Å². The van der Waals surface area contributed by atoms with Crippen LogP contribution in [-0.4, -0.2) is 202 Å². The second-order valence-electron chi connectivity index (χ2n) is 23.9. The Bertz CT molecular complexity index is 2440. The maximum Gasteiger partial charge on any atom is 0.341 e. The Morgan fingerprint density at radius 2 is 1.65 bits per heavy atom. The van der Waals surface area contributed by atoms with Gasteiger partial charge in [-0.25, -0.2) is 4.79 Å². The predicted octanol–water partition coefficient (Wildman–Crippen LogP) is 4.74. The van der Waals surface area contributed by atoms with E-state index in [0.29, 0.717) is 37.2 Å². The van der Waals surface area contributed by atoms with Crippen molar-refractivity contribution in [3.8, 4) is 0 Å². The molecule has 4 aliphatic heterocycles. The molecule has 2 aromatic rings. The number of benzene rings is 1. The number of carboxylic acids is 1. The highest BCUT2D eigenvalue weighted by atomic mass is 32.2. The van der Waals surface area contributed by atoms with Crippen molar-refractivity contribution in [3.63, 3.8) is 0 Å². The fourth-order valence-electron chi connectivity index (χ4n) is 12.5. The number of likely N-dealkylation sites (N-methyl/N-ethyl adjacent to an activating group) is 2. The van der Waals surface area contributed by atoms with Crippen LogP contribution in [-0.2, 0) is 49.2 Å². The van der Waals surface area contributed by atoms with Crippen LogP contribution in [0.25, 0.3) is 10.9 Å². The summed E-state index contributed by atoms with van der Waals surface area (Å²) in [4.78, 5) is 58.0. The molecule has 6 rings (SSSR count). The monoisotopic (exact) mass is 1120 g/mol. The number of ether oxygens (including phenoxy) is 7. The minimum absolute atomic E-state index is 0.0356. The van der Waals surface area contributed by atoms with Crippen LogP contribution in [0.1, 0.15) is 137 Å². The topological polar surface area (TPSA) is 257 Å². The van der Waals surface area contributed by atoms with Crippen molar-refractivity contribution in [2.24, 2.45) is 17.8 Å². The Morgan fingerprint density at radius 1 is 0.962 bits per heavy atom. The van der Waals surface area contributed by atoms with E-state index in [1.807, 2.05) is 56.3 Å². The van der Waals surface area contributed by atoms with Crippen molar-refractivity contribution < 1.29 is 73.1 Å². The van der Waals surface area contributed by atoms with Gasteiger partial charge in [0, 0.05) is 79.4 Å². The summed E-state index contributed by atoms with van der Waals surface area (Å²) in [7, 11) is 7.09. The number of aromatic nitrogens is 1. The molecule has 78 heavy (non-hydrogen) atoms. The van der Waals surface area contributed by atoms with E-state index in [1.54, 1.807) is 54.5 Å². The minimum Gasteiger partial charge on any atom is -0.477 e. The van der Waals surface area contributed by atoms with Gasteiger partial charge in [0.15, 0.2) is 18.7 Å². The molecule has 6 N–H and O–H groups in total. The van der Waals surface area contributed by atoms with Crippen LogP contribution in [0.4, 0.5) is 0 Å². The lowest BCUT2D eigenvalue weighted by Gasteiger charge is -2.49. The molecule has 19 atom stereocenters. The lowest BCUT2D eigenvalue weighted by molar-refractivity contribution is -0.318. The Labute approximate surface area is 465 Å². The van der Waals surface area contributed by atoms with Crippen LogP contribution in [0.5, 0.6) is 0 Å². The van der Waals surface area contributed by atoms with Gasteiger partial charge < -0.3 is 78.4 Å². The van der Waals surface area contributed by atoms with E-state index in [0.717, 1.165) is 28.8 Å². The van der Waals surface area contributed by atoms with E-state index in [2.05, 4.69) is 11.4 Å². The molecule has 4 aliphatic rings. The molecule has 0 saturated carbocycles. The number of hydrogen-bond acceptors (Lipinski definition) is 19. The van der Waals surface area contributed by atoms with Gasteiger partial charge in [-0.2, -0.15) is 0 Å². The molecule has 21 heteroatoms. The Hall–Kier alpha value is -3.29. The third-order valence-electron chi connectivity index (χ3n) is 17.2. The highest BCUT2D eigenvalue weighted by molar-refractivity contribution is 7.99. The summed E-state index contributed by atoms with van der Waals surface area (Å²) in [5.74, 6) is -3.99. The van der Waals surface area contributed by atoms with Gasteiger partial charge in [0.2, 0.25) is 5.43 Å². The van der Waals surface area contributed by atoms with E-state index in [9.17, 15) is 44.7 Å². The number of rotatable bonds is 16. The number of carbonyl (C=O) groups excluding carboxylic acids is 2. The lowest BCUT2D eigenvalue weighted by Crippen LogP contribution is -2.61. The van der Waals surface area contributed by atoms with Crippen molar-refractivity contribution in [2.45, 2.75) is 222 Å². The molecule has 5 heterocycles. The molecule has 0 amide bonds. The summed E-state index contributed by atoms with van der Waals surface area (Å²) >= 11 is 1.54. The minimum atomic E-state index is -1.86. The van der Waals surface area contributed by atoms with Crippen molar-refractivity contribution in [3.05, 3.63) is 39.7 Å². The summed E-state index contributed by atoms with van der Waals surface area (Å²) < 4.78 is 46.9. The standard InChI is InChI=1S/C57H92N4O16S/c1-16-42-57(11,70)49(65)35(7)60(14)28-30(2)26-55(9,69)50(77-54-47(64)41(59(12)13)23-32(4)72-54)33(5)48(34(6)53(68)74-42)76-44-27-56(10,71-15)51(36(8)73-44)75-43(62)19-20-58-21-22-78-38-24-37-18-17-31(3)61-29-40(52(66)67)46(63)39(25-38)45(37)61/h24-25,29-36,41-42,44,47-51,54,58,64-65,69-70H,16-23,26-28H2,1-15H3,(H,66,67)/t30-,31?,32-,33+,34-,35-,36+,41+,42-,44+,47-,48+,49-,50-,51+,54+,55-,56-,57-/m1/s1. The molecule has 0 radical (unpaired) electrons. The third kappa shape index (κ3) is 14.3. The zero-order valence-corrected chi connectivity index (χ0v) is 49.5. The van der Waals surface area contributed by atoms with Crippen molar-refractivity contribution in [1.29, 1.82) is 0 Å². The van der Waals surface area contributed by atoms with Crippen molar-refractivity contribution in [2.75, 3.05) is 53.6 Å². The van der Waals surface area contributed by atoms with E-state index in [-0.39, 0.29) is 55.4 Å². The van der Waals surface area contributed by atoms with Gasteiger partial charge in [0.1, 0.15) is 35.1 Å². The van der Waals surface area contributed by atoms with Gasteiger partial charge in [0.05, 0.1) is 47.9 Å². The first kappa shape index (κ1) is 63.9. The van der Waals surface area contributed by atoms with Gasteiger partial charge >= 0.3 is 17.9 Å². The summed E-state index contributed by atoms with van der Waals surface area (Å²) in [5, 5.41) is 61.6. The number of aliphatic hydroxyl groups excluding tert-OH is 2.